The van der Waals surface area contributed by atoms with Crippen molar-refractivity contribution in [2.45, 2.75) is 26.8 Å². The van der Waals surface area contributed by atoms with Gasteiger partial charge in [0.25, 0.3) is 0 Å². The molecule has 0 bridgehead atoms. The average molecular weight is 270 g/mol. The summed E-state index contributed by atoms with van der Waals surface area (Å²) >= 11 is 0. The molecule has 0 fully saturated rings. The lowest BCUT2D eigenvalue weighted by Crippen LogP contribution is -2.23. The Morgan fingerprint density at radius 1 is 1.25 bits per heavy atom. The van der Waals surface area contributed by atoms with E-state index in [2.05, 4.69) is 34.0 Å². The number of pyridine rings is 2. The molecule has 2 aromatic heterocycles. The predicted octanol–water partition coefficient (Wildman–Crippen LogP) is 2.23. The SMILES string of the molecule is Cc1cc(N(C)CCc2ccccn2)c(CN)c(C)n1. The molecule has 0 unspecified atom stereocenters. The first-order valence-corrected chi connectivity index (χ1v) is 6.90. The summed E-state index contributed by atoms with van der Waals surface area (Å²) in [6, 6.07) is 8.12. The molecule has 0 aliphatic rings. The summed E-state index contributed by atoms with van der Waals surface area (Å²) in [5.74, 6) is 0. The lowest BCUT2D eigenvalue weighted by atomic mass is 10.1. The third kappa shape index (κ3) is 3.33. The number of likely N-dealkylation sites (N-methyl/N-ethyl adjacent to an activating group) is 1. The minimum Gasteiger partial charge on any atom is -0.374 e. The molecule has 106 valence electrons. The Balaban J connectivity index is 2.14. The normalized spacial score (nSPS) is 10.6. The van der Waals surface area contributed by atoms with E-state index < -0.39 is 0 Å². The molecule has 2 N–H and O–H groups in total. The summed E-state index contributed by atoms with van der Waals surface area (Å²) in [7, 11) is 2.09. The summed E-state index contributed by atoms with van der Waals surface area (Å²) in [6.45, 7) is 5.46. The van der Waals surface area contributed by atoms with Crippen molar-refractivity contribution in [1.82, 2.24) is 9.97 Å². The number of aryl methyl sites for hydroxylation is 2. The standard InChI is InChI=1S/C16H22N4/c1-12-10-16(15(11-17)13(2)19-12)20(3)9-7-14-6-4-5-8-18-14/h4-6,8,10H,7,9,11,17H2,1-3H3. The van der Waals surface area contributed by atoms with Crippen molar-refractivity contribution in [3.63, 3.8) is 0 Å². The van der Waals surface area contributed by atoms with Gasteiger partial charge in [0.05, 0.1) is 0 Å². The average Bonchev–Trinajstić information content (AvgIpc) is 2.45. The van der Waals surface area contributed by atoms with Crippen LogP contribution in [0.25, 0.3) is 0 Å². The van der Waals surface area contributed by atoms with Crippen molar-refractivity contribution in [2.75, 3.05) is 18.5 Å². The highest BCUT2D eigenvalue weighted by molar-refractivity contribution is 5.55. The van der Waals surface area contributed by atoms with Gasteiger partial charge in [0.2, 0.25) is 0 Å². The van der Waals surface area contributed by atoms with E-state index in [4.69, 9.17) is 5.73 Å². The van der Waals surface area contributed by atoms with Crippen LogP contribution in [0.15, 0.2) is 30.5 Å². The molecule has 0 atom stereocenters. The first-order valence-electron chi connectivity index (χ1n) is 6.90. The van der Waals surface area contributed by atoms with E-state index in [1.807, 2.05) is 32.2 Å². The smallest absolute Gasteiger partial charge is 0.0445 e. The quantitative estimate of drug-likeness (QED) is 0.905. The van der Waals surface area contributed by atoms with Gasteiger partial charge in [-0.25, -0.2) is 0 Å². The molecular formula is C16H22N4. The van der Waals surface area contributed by atoms with Crippen LogP contribution in [0.3, 0.4) is 0 Å². The molecule has 0 amide bonds. The second-order valence-corrected chi connectivity index (χ2v) is 5.04. The van der Waals surface area contributed by atoms with Crippen LogP contribution in [0, 0.1) is 13.8 Å². The van der Waals surface area contributed by atoms with Gasteiger partial charge in [-0.3, -0.25) is 9.97 Å². The van der Waals surface area contributed by atoms with E-state index >= 15 is 0 Å². The van der Waals surface area contributed by atoms with E-state index in [-0.39, 0.29) is 0 Å². The fraction of sp³-hybridized carbons (Fsp3) is 0.375. The molecule has 4 nitrogen and oxygen atoms in total. The zero-order valence-electron chi connectivity index (χ0n) is 12.4. The third-order valence-corrected chi connectivity index (χ3v) is 3.48. The summed E-state index contributed by atoms with van der Waals surface area (Å²) in [4.78, 5) is 11.1. The molecule has 0 saturated carbocycles. The summed E-state index contributed by atoms with van der Waals surface area (Å²) in [5, 5.41) is 0. The van der Waals surface area contributed by atoms with E-state index in [9.17, 15) is 0 Å². The Labute approximate surface area is 120 Å². The second kappa shape index (κ2) is 6.48. The van der Waals surface area contributed by atoms with Crippen LogP contribution in [0.5, 0.6) is 0 Å². The van der Waals surface area contributed by atoms with E-state index in [1.165, 1.54) is 5.69 Å². The maximum absolute atomic E-state index is 5.87. The van der Waals surface area contributed by atoms with Crippen molar-refractivity contribution in [3.8, 4) is 0 Å². The monoisotopic (exact) mass is 270 g/mol. The molecular weight excluding hydrogens is 248 g/mol. The van der Waals surface area contributed by atoms with Crippen molar-refractivity contribution >= 4 is 5.69 Å². The molecule has 0 aromatic carbocycles. The number of aromatic nitrogens is 2. The van der Waals surface area contributed by atoms with Gasteiger partial charge in [-0.05, 0) is 32.0 Å². The maximum atomic E-state index is 5.87. The molecule has 0 aliphatic heterocycles. The molecule has 2 rings (SSSR count). The zero-order valence-corrected chi connectivity index (χ0v) is 12.4. The maximum Gasteiger partial charge on any atom is 0.0445 e. The summed E-state index contributed by atoms with van der Waals surface area (Å²) in [5.41, 5.74) is 11.3. The fourth-order valence-electron chi connectivity index (χ4n) is 2.38. The van der Waals surface area contributed by atoms with E-state index in [0.29, 0.717) is 6.54 Å². The van der Waals surface area contributed by atoms with Gasteiger partial charge in [-0.15, -0.1) is 0 Å². The topological polar surface area (TPSA) is 55.0 Å². The van der Waals surface area contributed by atoms with Gasteiger partial charge < -0.3 is 10.6 Å². The first kappa shape index (κ1) is 14.5. The van der Waals surface area contributed by atoms with Crippen molar-refractivity contribution in [3.05, 3.63) is 53.1 Å². The van der Waals surface area contributed by atoms with Gasteiger partial charge in [0, 0.05) is 61.1 Å². The molecule has 0 saturated heterocycles. The number of nitrogens with zero attached hydrogens (tertiary/aromatic N) is 3. The molecule has 2 aromatic rings. The zero-order chi connectivity index (χ0) is 14.5. The number of hydrogen-bond donors (Lipinski definition) is 1. The fourth-order valence-corrected chi connectivity index (χ4v) is 2.38. The van der Waals surface area contributed by atoms with Crippen LogP contribution in [-0.4, -0.2) is 23.6 Å². The van der Waals surface area contributed by atoms with Gasteiger partial charge in [-0.2, -0.15) is 0 Å². The molecule has 0 radical (unpaired) electrons. The number of hydrogen-bond acceptors (Lipinski definition) is 4. The summed E-state index contributed by atoms with van der Waals surface area (Å²) < 4.78 is 0. The highest BCUT2D eigenvalue weighted by Crippen LogP contribution is 2.22. The van der Waals surface area contributed by atoms with Gasteiger partial charge in [0.15, 0.2) is 0 Å². The Morgan fingerprint density at radius 3 is 2.70 bits per heavy atom. The first-order chi connectivity index (χ1) is 9.61. The van der Waals surface area contributed by atoms with Crippen molar-refractivity contribution in [2.24, 2.45) is 5.73 Å². The van der Waals surface area contributed by atoms with Crippen LogP contribution in [0.2, 0.25) is 0 Å². The number of nitrogens with two attached hydrogens (primary N) is 1. The van der Waals surface area contributed by atoms with Crippen molar-refractivity contribution in [1.29, 1.82) is 0 Å². The van der Waals surface area contributed by atoms with Gasteiger partial charge >= 0.3 is 0 Å². The predicted molar refractivity (Wildman–Crippen MR) is 82.8 cm³/mol. The van der Waals surface area contributed by atoms with E-state index in [0.717, 1.165) is 35.6 Å². The van der Waals surface area contributed by atoms with Crippen LogP contribution in [-0.2, 0) is 13.0 Å². The molecule has 0 spiro atoms. The van der Waals surface area contributed by atoms with Gasteiger partial charge in [0.1, 0.15) is 0 Å². The molecule has 20 heavy (non-hydrogen) atoms. The summed E-state index contributed by atoms with van der Waals surface area (Å²) in [6.07, 6.45) is 2.75. The Hall–Kier alpha value is -1.94. The van der Waals surface area contributed by atoms with Crippen LogP contribution in [0.4, 0.5) is 5.69 Å². The minimum atomic E-state index is 0.516. The van der Waals surface area contributed by atoms with Crippen molar-refractivity contribution < 1.29 is 0 Å². The van der Waals surface area contributed by atoms with E-state index in [1.54, 1.807) is 0 Å². The van der Waals surface area contributed by atoms with Gasteiger partial charge in [-0.1, -0.05) is 6.07 Å². The molecule has 4 heteroatoms. The molecule has 2 heterocycles. The Bertz CT molecular complexity index is 566. The Kier molecular flexibility index (Phi) is 4.69. The second-order valence-electron chi connectivity index (χ2n) is 5.04. The molecule has 0 aliphatic carbocycles. The Morgan fingerprint density at radius 2 is 2.05 bits per heavy atom. The number of anilines is 1. The van der Waals surface area contributed by atoms with Crippen LogP contribution in [0.1, 0.15) is 22.6 Å². The van der Waals surface area contributed by atoms with Crippen LogP contribution >= 0.6 is 0 Å². The lowest BCUT2D eigenvalue weighted by Gasteiger charge is -2.23. The number of rotatable bonds is 5. The van der Waals surface area contributed by atoms with Crippen LogP contribution < -0.4 is 10.6 Å². The largest absolute Gasteiger partial charge is 0.374 e. The lowest BCUT2D eigenvalue weighted by molar-refractivity contribution is 0.837. The highest BCUT2D eigenvalue weighted by Gasteiger charge is 2.11. The third-order valence-electron chi connectivity index (χ3n) is 3.48. The highest BCUT2D eigenvalue weighted by atomic mass is 15.1. The minimum absolute atomic E-state index is 0.516.